The van der Waals surface area contributed by atoms with Crippen LogP contribution in [0.15, 0.2) is 127 Å². The number of rotatable bonds is 6. The predicted molar refractivity (Wildman–Crippen MR) is 209 cm³/mol. The lowest BCUT2D eigenvalue weighted by molar-refractivity contribution is 0.388. The molecule has 6 heterocycles. The van der Waals surface area contributed by atoms with Crippen molar-refractivity contribution in [1.82, 2.24) is 13.4 Å². The molecule has 10 rings (SSSR count). The van der Waals surface area contributed by atoms with Gasteiger partial charge in [0, 0.05) is 43.8 Å². The normalized spacial score (nSPS) is 18.3. The summed E-state index contributed by atoms with van der Waals surface area (Å²) in [7, 11) is -3.68. The van der Waals surface area contributed by atoms with Crippen LogP contribution in [0.25, 0.3) is 21.5 Å². The average Bonchev–Trinajstić information content (AvgIpc) is 3.84. The van der Waals surface area contributed by atoms with E-state index < -0.39 is 17.3 Å². The van der Waals surface area contributed by atoms with Gasteiger partial charge in [-0.25, -0.2) is 34.1 Å². The van der Waals surface area contributed by atoms with E-state index in [9.17, 15) is 0 Å². The molecule has 0 N–H and O–H groups in total. The Labute approximate surface area is 301 Å². The van der Waals surface area contributed by atoms with E-state index in [1.54, 1.807) is 8.47 Å². The van der Waals surface area contributed by atoms with Crippen LogP contribution in [0.5, 0.6) is 0 Å². The van der Waals surface area contributed by atoms with Crippen molar-refractivity contribution in [2.45, 2.75) is 25.6 Å². The van der Waals surface area contributed by atoms with Gasteiger partial charge in [-0.3, -0.25) is 8.47 Å². The number of benzene rings is 4. The quantitative estimate of drug-likeness (QED) is 0.145. The van der Waals surface area contributed by atoms with Gasteiger partial charge < -0.3 is 9.02 Å². The molecule has 13 heteroatoms. The van der Waals surface area contributed by atoms with Crippen molar-refractivity contribution in [3.8, 4) is 0 Å². The Hall–Kier alpha value is -5.48. The van der Waals surface area contributed by atoms with Crippen LogP contribution in [0.2, 0.25) is 19.1 Å². The molecule has 52 heavy (non-hydrogen) atoms. The lowest BCUT2D eigenvalue weighted by Gasteiger charge is -2.34. The number of aromatic nitrogens is 2. The Morgan fingerprint density at radius 2 is 0.981 bits per heavy atom. The molecule has 6 bridgehead atoms. The highest BCUT2D eigenvalue weighted by molar-refractivity contribution is 6.82. The zero-order valence-electron chi connectivity index (χ0n) is 29.2. The Bertz CT molecular complexity index is 2630. The largest absolute Gasteiger partial charge is 0.631 e. The first-order chi connectivity index (χ1) is 25.2. The van der Waals surface area contributed by atoms with Gasteiger partial charge in [-0.1, -0.05) is 97.1 Å². The summed E-state index contributed by atoms with van der Waals surface area (Å²) in [4.78, 5) is 33.2. The second kappa shape index (κ2) is 11.3. The van der Waals surface area contributed by atoms with Gasteiger partial charge in [0.15, 0.2) is 31.7 Å². The molecule has 1 atom stereocenters. The van der Waals surface area contributed by atoms with Crippen molar-refractivity contribution >= 4 is 73.8 Å². The van der Waals surface area contributed by atoms with Crippen LogP contribution < -0.4 is 11.0 Å². The Balaban J connectivity index is 1.44. The van der Waals surface area contributed by atoms with Gasteiger partial charge in [0.2, 0.25) is 0 Å². The highest BCUT2D eigenvalue weighted by Crippen LogP contribution is 2.44. The minimum Gasteiger partial charge on any atom is -0.401 e. The fourth-order valence-electron chi connectivity index (χ4n) is 7.74. The first kappa shape index (κ1) is 31.3. The number of halogens is 1. The molecule has 10 nitrogen and oxygen atoms in total. The lowest BCUT2D eigenvalue weighted by Crippen LogP contribution is -2.62. The summed E-state index contributed by atoms with van der Waals surface area (Å²) in [5.41, 5.74) is 4.10. The molecule has 4 aromatic carbocycles. The molecule has 0 saturated carbocycles. The molecule has 0 fully saturated rings. The van der Waals surface area contributed by atoms with Crippen molar-refractivity contribution in [2.75, 3.05) is 20.6 Å². The van der Waals surface area contributed by atoms with E-state index in [1.165, 1.54) is 0 Å². The second-order valence-corrected chi connectivity index (χ2v) is 21.2. The Kier molecular flexibility index (Phi) is 6.77. The zero-order valence-corrected chi connectivity index (χ0v) is 31.2. The van der Waals surface area contributed by atoms with Gasteiger partial charge in [-0.05, 0) is 46.2 Å². The van der Waals surface area contributed by atoms with Gasteiger partial charge in [-0.15, -0.1) is 0 Å². The van der Waals surface area contributed by atoms with Gasteiger partial charge in [0.05, 0.1) is 0 Å². The maximum Gasteiger partial charge on any atom is 0.631 e. The van der Waals surface area contributed by atoms with Crippen LogP contribution in [-0.2, 0) is 4.12 Å². The third kappa shape index (κ3) is 4.59. The molecular weight excluding hydrogens is 686 g/mol. The minimum absolute atomic E-state index is 0.393. The zero-order chi connectivity index (χ0) is 35.4. The molecule has 0 amide bonds. The van der Waals surface area contributed by atoms with Crippen LogP contribution in [0, 0.1) is 0 Å². The predicted octanol–water partition coefficient (Wildman–Crippen LogP) is 6.51. The van der Waals surface area contributed by atoms with E-state index in [2.05, 4.69) is 32.1 Å². The molecule has 4 aliphatic rings. The van der Waals surface area contributed by atoms with E-state index in [4.69, 9.17) is 34.1 Å². The van der Waals surface area contributed by atoms with Crippen LogP contribution in [0.3, 0.4) is 0 Å². The summed E-state index contributed by atoms with van der Waals surface area (Å²) in [6.45, 7) is 5.08. The fraction of sp³-hybridized carbons (Fsp3) is 0.179. The standard InChI is InChI=1S/C39H34FN9OSi2/c1-47(2)22-13-23-51(3,4)50-52(40)48-36-28-18-9-10-19-29(28)38(48)45-34-26-16-7-8-17-27(26)35(42-34)46-39-31-21-12-11-20-30(31)37(49(39)52)44-33-25-15-6-5-14-24(25)32(41-33)43-36/h5-12,14-21H,13,22-23H2,1-4H3. The minimum atomic E-state index is -5.01. The first-order valence-electron chi connectivity index (χ1n) is 17.5. The molecule has 1 unspecified atom stereocenters. The Morgan fingerprint density at radius 1 is 0.577 bits per heavy atom. The molecule has 0 radical (unpaired) electrons. The van der Waals surface area contributed by atoms with Gasteiger partial charge >= 0.3 is 8.97 Å². The number of nitrogens with zero attached hydrogens (tertiary/aromatic N) is 9. The maximum atomic E-state index is 20.1. The highest BCUT2D eigenvalue weighted by atomic mass is 28.5. The summed E-state index contributed by atoms with van der Waals surface area (Å²) < 4.78 is 30.6. The van der Waals surface area contributed by atoms with E-state index in [-0.39, 0.29) is 0 Å². The summed E-state index contributed by atoms with van der Waals surface area (Å²) in [6.07, 6.45) is 0.870. The van der Waals surface area contributed by atoms with Gasteiger partial charge in [0.25, 0.3) is 0 Å². The average molecular weight is 720 g/mol. The molecular formula is C39H34FN9OSi2. The van der Waals surface area contributed by atoms with E-state index in [0.29, 0.717) is 46.0 Å². The van der Waals surface area contributed by atoms with Crippen molar-refractivity contribution < 1.29 is 8.22 Å². The molecule has 4 aliphatic heterocycles. The third-order valence-corrected chi connectivity index (χ3v) is 16.9. The fourth-order valence-corrected chi connectivity index (χ4v) is 14.6. The molecule has 256 valence electrons. The monoisotopic (exact) mass is 719 g/mol. The van der Waals surface area contributed by atoms with Crippen LogP contribution in [-0.4, -0.2) is 74.6 Å². The number of hydrogen-bond donors (Lipinski definition) is 0. The number of amidine groups is 4. The van der Waals surface area contributed by atoms with E-state index >= 15 is 4.11 Å². The number of aliphatic imine (C=N–C) groups is 4. The first-order valence-corrected chi connectivity index (χ1v) is 22.3. The summed E-state index contributed by atoms with van der Waals surface area (Å²) in [5.74, 6) is 2.64. The summed E-state index contributed by atoms with van der Waals surface area (Å²) in [5, 5.41) is 2.96. The maximum absolute atomic E-state index is 20.1. The molecule has 2 aromatic heterocycles. The number of fused-ring (bicyclic) bond motifs is 14. The van der Waals surface area contributed by atoms with Gasteiger partial charge in [0.1, 0.15) is 22.6 Å². The van der Waals surface area contributed by atoms with Crippen LogP contribution >= 0.6 is 0 Å². The lowest BCUT2D eigenvalue weighted by atomic mass is 10.1. The van der Waals surface area contributed by atoms with Crippen molar-refractivity contribution in [3.05, 3.63) is 130 Å². The van der Waals surface area contributed by atoms with Crippen molar-refractivity contribution in [1.29, 1.82) is 0 Å². The molecule has 6 aromatic rings. The molecule has 0 spiro atoms. The van der Waals surface area contributed by atoms with Crippen molar-refractivity contribution in [2.24, 2.45) is 30.0 Å². The molecule has 0 aliphatic carbocycles. The van der Waals surface area contributed by atoms with Gasteiger partial charge in [-0.2, -0.15) is 0 Å². The highest BCUT2D eigenvalue weighted by Gasteiger charge is 2.55. The smallest absolute Gasteiger partial charge is 0.401 e. The SMILES string of the molecule is CN(C)CCC[Si](C)(C)O[Si]1(F)n2c3c4ccccc4c2N=C2N=C(N=c4c5ccccc5c(n41)=NC1=NC(=N3)c3ccccc31)c1ccccc12. The van der Waals surface area contributed by atoms with Crippen LogP contribution in [0.1, 0.15) is 28.7 Å². The number of hydrogen-bond acceptors (Lipinski definition) is 8. The van der Waals surface area contributed by atoms with E-state index in [0.717, 1.165) is 62.8 Å². The second-order valence-electron chi connectivity index (χ2n) is 14.4. The molecule has 0 saturated heterocycles. The van der Waals surface area contributed by atoms with Crippen LogP contribution in [0.4, 0.5) is 15.7 Å². The van der Waals surface area contributed by atoms with E-state index in [1.807, 2.05) is 97.1 Å². The topological polar surface area (TPSA) is 96.5 Å². The third-order valence-electron chi connectivity index (χ3n) is 10.1. The van der Waals surface area contributed by atoms with Crippen molar-refractivity contribution in [3.63, 3.8) is 0 Å². The Morgan fingerprint density at radius 3 is 1.42 bits per heavy atom. The summed E-state index contributed by atoms with van der Waals surface area (Å²) >= 11 is 0. The summed E-state index contributed by atoms with van der Waals surface area (Å²) in [6, 6.07) is 32.2.